The highest BCUT2D eigenvalue weighted by Gasteiger charge is 2.08. The van der Waals surface area contributed by atoms with E-state index in [1.54, 1.807) is 7.11 Å². The van der Waals surface area contributed by atoms with Gasteiger partial charge in [0, 0.05) is 20.2 Å². The van der Waals surface area contributed by atoms with E-state index < -0.39 is 0 Å². The maximum absolute atomic E-state index is 5.54. The Hall–Kier alpha value is -0.850. The molecule has 0 saturated carbocycles. The molecule has 6 nitrogen and oxygen atoms in total. The SMILES string of the molecule is CCN(CC)CCCN(CC)C(=NCCOC)NN. The van der Waals surface area contributed by atoms with Crippen molar-refractivity contribution in [1.82, 2.24) is 15.2 Å². The fourth-order valence-corrected chi connectivity index (χ4v) is 1.92. The zero-order valence-electron chi connectivity index (χ0n) is 13.0. The fraction of sp³-hybridized carbons (Fsp3) is 0.923. The summed E-state index contributed by atoms with van der Waals surface area (Å²) in [5.41, 5.74) is 2.68. The molecule has 0 aromatic carbocycles. The monoisotopic (exact) mass is 273 g/mol. The van der Waals surface area contributed by atoms with Crippen molar-refractivity contribution in [3.8, 4) is 0 Å². The third-order valence-corrected chi connectivity index (χ3v) is 3.16. The molecule has 0 atom stereocenters. The van der Waals surface area contributed by atoms with E-state index in [0.717, 1.165) is 45.1 Å². The molecule has 0 aliphatic carbocycles. The zero-order chi connectivity index (χ0) is 14.5. The first-order valence-corrected chi connectivity index (χ1v) is 7.20. The van der Waals surface area contributed by atoms with Crippen LogP contribution in [0.4, 0.5) is 0 Å². The summed E-state index contributed by atoms with van der Waals surface area (Å²) in [4.78, 5) is 9.00. The van der Waals surface area contributed by atoms with E-state index in [1.807, 2.05) is 0 Å². The summed E-state index contributed by atoms with van der Waals surface area (Å²) in [5, 5.41) is 0. The third-order valence-electron chi connectivity index (χ3n) is 3.16. The van der Waals surface area contributed by atoms with Crippen LogP contribution in [-0.2, 0) is 4.74 Å². The summed E-state index contributed by atoms with van der Waals surface area (Å²) >= 11 is 0. The Labute approximate surface area is 118 Å². The van der Waals surface area contributed by atoms with Crippen LogP contribution in [0.15, 0.2) is 4.99 Å². The maximum atomic E-state index is 5.54. The van der Waals surface area contributed by atoms with Crippen LogP contribution in [0.2, 0.25) is 0 Å². The molecule has 0 aromatic heterocycles. The lowest BCUT2D eigenvalue weighted by atomic mass is 10.3. The Kier molecular flexibility index (Phi) is 11.7. The molecule has 0 amide bonds. The molecule has 0 aromatic rings. The van der Waals surface area contributed by atoms with Gasteiger partial charge in [0.15, 0.2) is 0 Å². The van der Waals surface area contributed by atoms with Crippen LogP contribution < -0.4 is 11.3 Å². The van der Waals surface area contributed by atoms with E-state index in [-0.39, 0.29) is 0 Å². The first-order valence-electron chi connectivity index (χ1n) is 7.20. The molecule has 0 spiro atoms. The predicted octanol–water partition coefficient (Wildman–Crippen LogP) is 0.506. The summed E-state index contributed by atoms with van der Waals surface area (Å²) in [6.07, 6.45) is 1.11. The lowest BCUT2D eigenvalue weighted by Crippen LogP contribution is -2.46. The first-order chi connectivity index (χ1) is 9.23. The largest absolute Gasteiger partial charge is 0.383 e. The molecule has 0 radical (unpaired) electrons. The summed E-state index contributed by atoms with van der Waals surface area (Å²) in [5.74, 6) is 6.29. The zero-order valence-corrected chi connectivity index (χ0v) is 13.0. The van der Waals surface area contributed by atoms with Crippen molar-refractivity contribution in [2.45, 2.75) is 27.2 Å². The van der Waals surface area contributed by atoms with Crippen molar-refractivity contribution >= 4 is 5.96 Å². The number of hydrogen-bond donors (Lipinski definition) is 2. The second-order valence-electron chi connectivity index (χ2n) is 4.30. The minimum atomic E-state index is 0.613. The van der Waals surface area contributed by atoms with Gasteiger partial charge in [-0.15, -0.1) is 0 Å². The molecule has 0 saturated heterocycles. The lowest BCUT2D eigenvalue weighted by molar-refractivity contribution is 0.207. The molecule has 19 heavy (non-hydrogen) atoms. The summed E-state index contributed by atoms with van der Waals surface area (Å²) < 4.78 is 4.99. The summed E-state index contributed by atoms with van der Waals surface area (Å²) in [6.45, 7) is 12.9. The highest BCUT2D eigenvalue weighted by Crippen LogP contribution is 1.96. The van der Waals surface area contributed by atoms with Gasteiger partial charge in [0.25, 0.3) is 0 Å². The van der Waals surface area contributed by atoms with Gasteiger partial charge in [0.1, 0.15) is 0 Å². The van der Waals surface area contributed by atoms with Crippen molar-refractivity contribution < 1.29 is 4.74 Å². The van der Waals surface area contributed by atoms with E-state index in [0.29, 0.717) is 13.2 Å². The Morgan fingerprint density at radius 3 is 2.32 bits per heavy atom. The third kappa shape index (κ3) is 8.02. The van der Waals surface area contributed by atoms with Crippen LogP contribution in [0.1, 0.15) is 27.2 Å². The normalized spacial score (nSPS) is 12.0. The van der Waals surface area contributed by atoms with Crippen LogP contribution in [0.25, 0.3) is 0 Å². The average molecular weight is 273 g/mol. The highest BCUT2D eigenvalue weighted by molar-refractivity contribution is 5.79. The lowest BCUT2D eigenvalue weighted by Gasteiger charge is -2.25. The topological polar surface area (TPSA) is 66.1 Å². The first kappa shape index (κ1) is 18.1. The minimum absolute atomic E-state index is 0.613. The van der Waals surface area contributed by atoms with Gasteiger partial charge < -0.3 is 14.5 Å². The molecule has 3 N–H and O–H groups in total. The molecule has 0 fully saturated rings. The van der Waals surface area contributed by atoms with Crippen LogP contribution in [0.3, 0.4) is 0 Å². The van der Waals surface area contributed by atoms with Crippen LogP contribution in [-0.4, -0.2) is 68.7 Å². The van der Waals surface area contributed by atoms with Gasteiger partial charge in [-0.3, -0.25) is 5.43 Å². The number of rotatable bonds is 10. The van der Waals surface area contributed by atoms with E-state index in [2.05, 4.69) is 41.0 Å². The molecule has 0 aliphatic heterocycles. The number of nitrogens with zero attached hydrogens (tertiary/aromatic N) is 3. The summed E-state index contributed by atoms with van der Waals surface area (Å²) in [7, 11) is 1.67. The van der Waals surface area contributed by atoms with Crippen molar-refractivity contribution in [3.63, 3.8) is 0 Å². The smallest absolute Gasteiger partial charge is 0.208 e. The van der Waals surface area contributed by atoms with Crippen molar-refractivity contribution in [1.29, 1.82) is 0 Å². The average Bonchev–Trinajstić information content (AvgIpc) is 2.45. The molecule has 0 aliphatic rings. The number of methoxy groups -OCH3 is 1. The Morgan fingerprint density at radius 1 is 1.16 bits per heavy atom. The van der Waals surface area contributed by atoms with Crippen LogP contribution >= 0.6 is 0 Å². The van der Waals surface area contributed by atoms with Crippen LogP contribution in [0.5, 0.6) is 0 Å². The molecule has 0 bridgehead atoms. The Morgan fingerprint density at radius 2 is 1.84 bits per heavy atom. The number of hydrazine groups is 1. The fourth-order valence-electron chi connectivity index (χ4n) is 1.92. The van der Waals surface area contributed by atoms with Crippen LogP contribution in [0, 0.1) is 0 Å². The van der Waals surface area contributed by atoms with Crippen molar-refractivity contribution in [2.75, 3.05) is 53.0 Å². The molecule has 114 valence electrons. The van der Waals surface area contributed by atoms with Crippen molar-refractivity contribution in [2.24, 2.45) is 10.8 Å². The number of guanidine groups is 1. The highest BCUT2D eigenvalue weighted by atomic mass is 16.5. The van der Waals surface area contributed by atoms with Gasteiger partial charge in [0.2, 0.25) is 5.96 Å². The summed E-state index contributed by atoms with van der Waals surface area (Å²) in [6, 6.07) is 0. The van der Waals surface area contributed by atoms with E-state index >= 15 is 0 Å². The van der Waals surface area contributed by atoms with Gasteiger partial charge in [0.05, 0.1) is 13.2 Å². The van der Waals surface area contributed by atoms with E-state index in [4.69, 9.17) is 10.6 Å². The molecule has 0 unspecified atom stereocenters. The Balaban J connectivity index is 4.18. The predicted molar refractivity (Wildman–Crippen MR) is 81.2 cm³/mol. The van der Waals surface area contributed by atoms with E-state index in [9.17, 15) is 0 Å². The molecule has 0 rings (SSSR count). The van der Waals surface area contributed by atoms with E-state index in [1.165, 1.54) is 0 Å². The van der Waals surface area contributed by atoms with Gasteiger partial charge in [-0.1, -0.05) is 13.8 Å². The van der Waals surface area contributed by atoms with Crippen molar-refractivity contribution in [3.05, 3.63) is 0 Å². The van der Waals surface area contributed by atoms with Gasteiger partial charge in [-0.2, -0.15) is 0 Å². The minimum Gasteiger partial charge on any atom is -0.383 e. The second-order valence-corrected chi connectivity index (χ2v) is 4.30. The Bertz CT molecular complexity index is 231. The molecular weight excluding hydrogens is 242 g/mol. The number of ether oxygens (including phenoxy) is 1. The maximum Gasteiger partial charge on any atom is 0.208 e. The molecule has 6 heteroatoms. The number of aliphatic imine (C=N–C) groups is 1. The molecule has 0 heterocycles. The van der Waals surface area contributed by atoms with Gasteiger partial charge in [-0.25, -0.2) is 10.8 Å². The number of hydrogen-bond acceptors (Lipinski definition) is 4. The van der Waals surface area contributed by atoms with Gasteiger partial charge in [-0.05, 0) is 33.0 Å². The number of nitrogens with one attached hydrogen (secondary N) is 1. The second kappa shape index (κ2) is 12.2. The molecular formula is C13H31N5O. The quantitative estimate of drug-likeness (QED) is 0.200. The standard InChI is InChI=1S/C13H31N5O/c1-5-17(6-2)10-8-11-18(7-3)13(16-14)15-9-12-19-4/h5-12,14H2,1-4H3,(H,15,16). The number of nitrogens with two attached hydrogens (primary N) is 1. The van der Waals surface area contributed by atoms with Gasteiger partial charge >= 0.3 is 0 Å².